The number of hydrogen-bond acceptors (Lipinski definition) is 1. The van der Waals surface area contributed by atoms with Gasteiger partial charge in [-0.1, -0.05) is 79.1 Å². The lowest BCUT2D eigenvalue weighted by Gasteiger charge is -2.39. The van der Waals surface area contributed by atoms with Gasteiger partial charge in [0.1, 0.15) is 0 Å². The third kappa shape index (κ3) is 18.6. The maximum absolute atomic E-state index is 6.25. The van der Waals surface area contributed by atoms with Crippen molar-refractivity contribution in [3.63, 3.8) is 0 Å². The van der Waals surface area contributed by atoms with Gasteiger partial charge in [0.25, 0.3) is 0 Å². The highest BCUT2D eigenvalue weighted by molar-refractivity contribution is 4.53. The van der Waals surface area contributed by atoms with Crippen LogP contribution in [0.1, 0.15) is 130 Å². The fraction of sp³-hybridized carbons (Fsp3) is 0.960. The molecule has 2 heteroatoms. The van der Waals surface area contributed by atoms with E-state index in [1.54, 1.807) is 0 Å². The smallest absolute Gasteiger partial charge is 0.0786 e. The topological polar surface area (TPSA) is 23.8 Å². The summed E-state index contributed by atoms with van der Waals surface area (Å²) < 4.78 is 1.46. The lowest BCUT2D eigenvalue weighted by atomic mass is 10.1. The minimum Gasteiger partial charge on any atom is -0.512 e. The van der Waals surface area contributed by atoms with E-state index in [2.05, 4.69) is 27.7 Å². The van der Waals surface area contributed by atoms with E-state index >= 15 is 0 Å². The summed E-state index contributed by atoms with van der Waals surface area (Å²) in [6.45, 7) is 19.9. The molecule has 0 aromatic carbocycles. The Balaban J connectivity index is 0. The van der Waals surface area contributed by atoms with Gasteiger partial charge in [-0.2, -0.15) is 0 Å². The van der Waals surface area contributed by atoms with E-state index in [0.717, 1.165) is 0 Å². The molecule has 0 aromatic heterocycles. The highest BCUT2D eigenvalue weighted by atomic mass is 15.3. The maximum Gasteiger partial charge on any atom is 0.0786 e. The number of hydrogen-bond donors (Lipinski definition) is 0. The van der Waals surface area contributed by atoms with Gasteiger partial charge in [-0.3, -0.25) is 0 Å². The number of unbranched alkanes of at least 4 members (excludes halogenated alkanes) is 12. The maximum atomic E-state index is 6.25. The molecule has 27 heavy (non-hydrogen) atoms. The molecule has 0 aromatic rings. The average Bonchev–Trinajstić information content (AvgIpc) is 2.71. The number of nitrogens with zero attached hydrogens (tertiary/aromatic N) is 2. The molecular weight excluding hydrogens is 328 g/mol. The van der Waals surface area contributed by atoms with Gasteiger partial charge in [-0.25, -0.2) is 0 Å². The van der Waals surface area contributed by atoms with Crippen molar-refractivity contribution in [3.8, 4) is 0 Å². The minimum atomic E-state index is 1.36. The quantitative estimate of drug-likeness (QED) is 0.118. The van der Waals surface area contributed by atoms with Crippen molar-refractivity contribution < 1.29 is 4.48 Å². The molecule has 162 valence electrons. The van der Waals surface area contributed by atoms with Crippen LogP contribution in [0, 0.1) is 11.8 Å². The summed E-state index contributed by atoms with van der Waals surface area (Å²) in [5, 5.41) is 6.25. The van der Waals surface area contributed by atoms with Crippen molar-refractivity contribution in [2.45, 2.75) is 130 Å². The van der Waals surface area contributed by atoms with Gasteiger partial charge in [0, 0.05) is 0 Å². The Morgan fingerprint density at radius 3 is 0.815 bits per heavy atom. The van der Waals surface area contributed by atoms with Gasteiger partial charge < -0.3 is 16.3 Å². The molecule has 0 rings (SSSR count). The molecule has 2 nitrogen and oxygen atoms in total. The third-order valence-electron chi connectivity index (χ3n) is 5.94. The zero-order valence-corrected chi connectivity index (χ0v) is 19.5. The van der Waals surface area contributed by atoms with Crippen LogP contribution in [0.15, 0.2) is 0 Å². The SMILES string of the molecule is CCCCCC[N+](CCCCCC)(CCCCCC)CCCCCC.[C-]#N. The Labute approximate surface area is 173 Å². The highest BCUT2D eigenvalue weighted by Gasteiger charge is 2.25. The van der Waals surface area contributed by atoms with E-state index in [-0.39, 0.29) is 0 Å². The van der Waals surface area contributed by atoms with Crippen LogP contribution in [-0.4, -0.2) is 30.7 Å². The van der Waals surface area contributed by atoms with E-state index in [1.807, 2.05) is 0 Å². The van der Waals surface area contributed by atoms with E-state index < -0.39 is 0 Å². The molecule has 0 bridgehead atoms. The molecule has 0 aliphatic heterocycles. The van der Waals surface area contributed by atoms with Crippen LogP contribution in [0.2, 0.25) is 0 Å². The lowest BCUT2D eigenvalue weighted by molar-refractivity contribution is -0.929. The number of quaternary nitrogens is 1. The van der Waals surface area contributed by atoms with Crippen LogP contribution in [-0.2, 0) is 0 Å². The molecule has 0 saturated carbocycles. The Bertz CT molecular complexity index is 232. The van der Waals surface area contributed by atoms with E-state index in [4.69, 9.17) is 11.8 Å². The first-order valence-corrected chi connectivity index (χ1v) is 12.3. The second-order valence-corrected chi connectivity index (χ2v) is 8.48. The van der Waals surface area contributed by atoms with Gasteiger partial charge in [0.05, 0.1) is 26.2 Å². The van der Waals surface area contributed by atoms with Crippen LogP contribution >= 0.6 is 0 Å². The van der Waals surface area contributed by atoms with Gasteiger partial charge in [0.2, 0.25) is 0 Å². The van der Waals surface area contributed by atoms with Crippen molar-refractivity contribution in [1.29, 1.82) is 5.26 Å². The second-order valence-electron chi connectivity index (χ2n) is 8.48. The Hall–Kier alpha value is -0.550. The third-order valence-corrected chi connectivity index (χ3v) is 5.94. The van der Waals surface area contributed by atoms with Crippen LogP contribution in [0.25, 0.3) is 0 Å². The molecule has 0 amide bonds. The molecule has 0 atom stereocenters. The Morgan fingerprint density at radius 2 is 0.630 bits per heavy atom. The fourth-order valence-electron chi connectivity index (χ4n) is 4.17. The fourth-order valence-corrected chi connectivity index (χ4v) is 4.17. The van der Waals surface area contributed by atoms with Gasteiger partial charge >= 0.3 is 0 Å². The summed E-state index contributed by atoms with van der Waals surface area (Å²) >= 11 is 0. The Morgan fingerprint density at radius 1 is 0.407 bits per heavy atom. The second kappa shape index (κ2) is 23.5. The molecule has 0 N–H and O–H groups in total. The van der Waals surface area contributed by atoms with Crippen molar-refractivity contribution in [2.24, 2.45) is 0 Å². The van der Waals surface area contributed by atoms with E-state index in [0.29, 0.717) is 0 Å². The summed E-state index contributed by atoms with van der Waals surface area (Å²) in [6, 6.07) is 0. The number of rotatable bonds is 20. The summed E-state index contributed by atoms with van der Waals surface area (Å²) in [4.78, 5) is 0. The predicted molar refractivity (Wildman–Crippen MR) is 121 cm³/mol. The molecule has 0 unspecified atom stereocenters. The van der Waals surface area contributed by atoms with E-state index in [1.165, 1.54) is 133 Å². The minimum absolute atomic E-state index is 1.36. The van der Waals surface area contributed by atoms with Crippen molar-refractivity contribution >= 4 is 0 Å². The van der Waals surface area contributed by atoms with Gasteiger partial charge in [-0.05, 0) is 51.4 Å². The van der Waals surface area contributed by atoms with Gasteiger partial charge in [0.15, 0.2) is 0 Å². The van der Waals surface area contributed by atoms with Crippen molar-refractivity contribution in [3.05, 3.63) is 6.57 Å². The highest BCUT2D eigenvalue weighted by Crippen LogP contribution is 2.19. The van der Waals surface area contributed by atoms with Crippen molar-refractivity contribution in [2.75, 3.05) is 26.2 Å². The first kappa shape index (κ1) is 28.7. The standard InChI is InChI=1S/C24H52N.CN/c1-5-9-13-17-21-25(22-18-14-10-6-2,23-19-15-11-7-3)24-20-16-12-8-4;1-2/h5-24H2,1-4H3;/q+1;-1. The zero-order valence-electron chi connectivity index (χ0n) is 19.5. The molecule has 0 spiro atoms. The summed E-state index contributed by atoms with van der Waals surface area (Å²) in [5.41, 5.74) is 0. The molecular formula is C25H52N2. The summed E-state index contributed by atoms with van der Waals surface area (Å²) in [6.07, 6.45) is 22.8. The normalized spacial score (nSPS) is 11.2. The largest absolute Gasteiger partial charge is 0.512 e. The van der Waals surface area contributed by atoms with Crippen LogP contribution in [0.3, 0.4) is 0 Å². The molecule has 0 aliphatic rings. The predicted octanol–water partition coefficient (Wildman–Crippen LogP) is 8.22. The molecule has 0 radical (unpaired) electrons. The summed E-state index contributed by atoms with van der Waals surface area (Å²) in [7, 11) is 0. The average molecular weight is 381 g/mol. The van der Waals surface area contributed by atoms with E-state index in [9.17, 15) is 0 Å². The molecule has 0 fully saturated rings. The summed E-state index contributed by atoms with van der Waals surface area (Å²) in [5.74, 6) is 0. The lowest BCUT2D eigenvalue weighted by Crippen LogP contribution is -2.50. The molecule has 0 aliphatic carbocycles. The van der Waals surface area contributed by atoms with Crippen molar-refractivity contribution in [1.82, 2.24) is 0 Å². The van der Waals surface area contributed by atoms with Crippen LogP contribution < -0.4 is 0 Å². The zero-order chi connectivity index (χ0) is 20.6. The Kier molecular flexibility index (Phi) is 24.9. The first-order valence-electron chi connectivity index (χ1n) is 12.3. The molecule has 0 heterocycles. The van der Waals surface area contributed by atoms with Gasteiger partial charge in [-0.15, -0.1) is 0 Å². The molecule has 0 saturated heterocycles. The monoisotopic (exact) mass is 380 g/mol. The van der Waals surface area contributed by atoms with Crippen LogP contribution in [0.4, 0.5) is 0 Å². The van der Waals surface area contributed by atoms with Crippen LogP contribution in [0.5, 0.6) is 0 Å². The first-order chi connectivity index (χ1) is 13.2.